The van der Waals surface area contributed by atoms with E-state index in [1.54, 1.807) is 11.5 Å². The van der Waals surface area contributed by atoms with Crippen LogP contribution >= 0.6 is 11.3 Å². The van der Waals surface area contributed by atoms with Gasteiger partial charge in [0, 0.05) is 18.7 Å². The van der Waals surface area contributed by atoms with E-state index >= 15 is 0 Å². The Balaban J connectivity index is 1.69. The van der Waals surface area contributed by atoms with Crippen molar-refractivity contribution in [2.75, 3.05) is 19.7 Å². The molecule has 10 heteroatoms. The predicted octanol–water partition coefficient (Wildman–Crippen LogP) is 3.80. The number of carbonyl (C=O) groups is 2. The van der Waals surface area contributed by atoms with E-state index in [9.17, 15) is 18.0 Å². The number of ether oxygens (including phenoxy) is 1. The second kappa shape index (κ2) is 10.4. The summed E-state index contributed by atoms with van der Waals surface area (Å²) >= 11 is 1.33. The molecule has 1 fully saturated rings. The van der Waals surface area contributed by atoms with Crippen molar-refractivity contribution >= 4 is 43.5 Å². The zero-order valence-corrected chi connectivity index (χ0v) is 21.7. The number of piperidine rings is 1. The van der Waals surface area contributed by atoms with Gasteiger partial charge in [0.15, 0.2) is 4.80 Å². The average molecular weight is 516 g/mol. The number of nitrogens with zero attached hydrogens (tertiary/aromatic N) is 3. The van der Waals surface area contributed by atoms with E-state index < -0.39 is 21.9 Å². The van der Waals surface area contributed by atoms with Gasteiger partial charge < -0.3 is 9.30 Å². The standard InChI is InChI=1S/C25H29N3O5S2/c1-4-33-22(29)16-28-21-15-17(2)14-18(3)23(21)34-25(28)26-24(30)19-8-10-20(11-9-19)35(31,32)27-12-6-5-7-13-27/h8-11,14-15H,4-7,12-13,16H2,1-3H3. The number of fused-ring (bicyclic) bond motifs is 1. The van der Waals surface area contributed by atoms with Gasteiger partial charge in [0.1, 0.15) is 6.54 Å². The number of aromatic nitrogens is 1. The molecule has 1 amide bonds. The third kappa shape index (κ3) is 5.39. The van der Waals surface area contributed by atoms with E-state index in [0.717, 1.165) is 40.6 Å². The summed E-state index contributed by atoms with van der Waals surface area (Å²) < 4.78 is 35.0. The first kappa shape index (κ1) is 25.3. The SMILES string of the molecule is CCOC(=O)Cn1c(=NC(=O)c2ccc(S(=O)(=O)N3CCCCC3)cc2)sc2c(C)cc(C)cc21. The number of amides is 1. The van der Waals surface area contributed by atoms with Crippen molar-refractivity contribution < 1.29 is 22.7 Å². The molecule has 2 heterocycles. The smallest absolute Gasteiger partial charge is 0.326 e. The van der Waals surface area contributed by atoms with Crippen LogP contribution in [0.3, 0.4) is 0 Å². The third-order valence-corrected chi connectivity index (χ3v) is 9.10. The lowest BCUT2D eigenvalue weighted by Crippen LogP contribution is -2.35. The lowest BCUT2D eigenvalue weighted by Gasteiger charge is -2.25. The van der Waals surface area contributed by atoms with Gasteiger partial charge in [-0.1, -0.05) is 23.8 Å². The number of sulfonamides is 1. The molecule has 1 aliphatic rings. The Morgan fingerprint density at radius 1 is 1.06 bits per heavy atom. The Labute approximate surface area is 208 Å². The average Bonchev–Trinajstić information content (AvgIpc) is 3.17. The largest absolute Gasteiger partial charge is 0.465 e. The quantitative estimate of drug-likeness (QED) is 0.465. The van der Waals surface area contributed by atoms with Crippen molar-refractivity contribution in [3.8, 4) is 0 Å². The number of aryl methyl sites for hydroxylation is 2. The molecule has 35 heavy (non-hydrogen) atoms. The zero-order chi connectivity index (χ0) is 25.2. The molecule has 3 aromatic rings. The molecule has 1 aliphatic heterocycles. The fourth-order valence-corrected chi connectivity index (χ4v) is 6.86. The maximum absolute atomic E-state index is 13.0. The molecule has 0 bridgehead atoms. The van der Waals surface area contributed by atoms with E-state index in [1.807, 2.05) is 26.0 Å². The summed E-state index contributed by atoms with van der Waals surface area (Å²) in [6.45, 7) is 6.93. The van der Waals surface area contributed by atoms with E-state index in [-0.39, 0.29) is 23.6 Å². The van der Waals surface area contributed by atoms with Crippen LogP contribution in [0.4, 0.5) is 0 Å². The molecule has 4 rings (SSSR count). The molecular weight excluding hydrogens is 486 g/mol. The Kier molecular flexibility index (Phi) is 7.53. The highest BCUT2D eigenvalue weighted by Gasteiger charge is 2.26. The fraction of sp³-hybridized carbons (Fsp3) is 0.400. The first-order valence-corrected chi connectivity index (χ1v) is 13.9. The van der Waals surface area contributed by atoms with Crippen molar-refractivity contribution in [1.82, 2.24) is 8.87 Å². The number of carbonyl (C=O) groups excluding carboxylic acids is 2. The Hall–Kier alpha value is -2.82. The number of hydrogen-bond acceptors (Lipinski definition) is 6. The van der Waals surface area contributed by atoms with Gasteiger partial charge in [-0.05, 0) is 75.1 Å². The fourth-order valence-electron chi connectivity index (χ4n) is 4.26. The van der Waals surface area contributed by atoms with Gasteiger partial charge in [-0.3, -0.25) is 9.59 Å². The van der Waals surface area contributed by atoms with Crippen LogP contribution in [0.5, 0.6) is 0 Å². The lowest BCUT2D eigenvalue weighted by atomic mass is 10.1. The van der Waals surface area contributed by atoms with Crippen LogP contribution in [0.15, 0.2) is 46.3 Å². The topological polar surface area (TPSA) is 98.0 Å². The van der Waals surface area contributed by atoms with Gasteiger partial charge in [-0.25, -0.2) is 8.42 Å². The monoisotopic (exact) mass is 515 g/mol. The molecule has 0 atom stereocenters. The number of rotatable bonds is 6. The first-order chi connectivity index (χ1) is 16.7. The molecule has 0 aliphatic carbocycles. The second-order valence-electron chi connectivity index (χ2n) is 8.61. The van der Waals surface area contributed by atoms with Crippen molar-refractivity contribution in [3.05, 3.63) is 57.9 Å². The van der Waals surface area contributed by atoms with E-state index in [1.165, 1.54) is 39.9 Å². The highest BCUT2D eigenvalue weighted by atomic mass is 32.2. The van der Waals surface area contributed by atoms with Gasteiger partial charge in [-0.15, -0.1) is 0 Å². The second-order valence-corrected chi connectivity index (χ2v) is 11.5. The number of thiazole rings is 1. The van der Waals surface area contributed by atoms with E-state index in [4.69, 9.17) is 4.74 Å². The van der Waals surface area contributed by atoms with Crippen LogP contribution in [-0.4, -0.2) is 48.9 Å². The van der Waals surface area contributed by atoms with Crippen molar-refractivity contribution in [1.29, 1.82) is 0 Å². The lowest BCUT2D eigenvalue weighted by molar-refractivity contribution is -0.143. The normalized spacial score (nSPS) is 15.5. The van der Waals surface area contributed by atoms with Crippen molar-refractivity contribution in [2.45, 2.75) is 51.5 Å². The summed E-state index contributed by atoms with van der Waals surface area (Å²) in [5, 5.41) is 0. The van der Waals surface area contributed by atoms with Gasteiger partial charge in [0.05, 0.1) is 21.7 Å². The molecule has 1 aromatic heterocycles. The number of hydrogen-bond donors (Lipinski definition) is 0. The Morgan fingerprint density at radius 2 is 1.74 bits per heavy atom. The molecule has 0 spiro atoms. The van der Waals surface area contributed by atoms with Crippen molar-refractivity contribution in [2.24, 2.45) is 4.99 Å². The minimum absolute atomic E-state index is 0.0597. The molecule has 2 aromatic carbocycles. The first-order valence-electron chi connectivity index (χ1n) is 11.7. The summed E-state index contributed by atoms with van der Waals surface area (Å²) in [4.78, 5) is 30.1. The number of esters is 1. The Morgan fingerprint density at radius 3 is 2.40 bits per heavy atom. The van der Waals surface area contributed by atoms with Crippen LogP contribution in [0.2, 0.25) is 0 Å². The summed E-state index contributed by atoms with van der Waals surface area (Å²) in [5.41, 5.74) is 3.16. The predicted molar refractivity (Wildman–Crippen MR) is 135 cm³/mol. The number of benzene rings is 2. The van der Waals surface area contributed by atoms with Crippen LogP contribution in [0.25, 0.3) is 10.2 Å². The van der Waals surface area contributed by atoms with Gasteiger partial charge in [-0.2, -0.15) is 9.30 Å². The molecule has 0 saturated carbocycles. The summed E-state index contributed by atoms with van der Waals surface area (Å²) in [7, 11) is -3.58. The van der Waals surface area contributed by atoms with Gasteiger partial charge in [0.2, 0.25) is 10.0 Å². The molecule has 0 radical (unpaired) electrons. The molecular formula is C25H29N3O5S2. The summed E-state index contributed by atoms with van der Waals surface area (Å²) in [6.07, 6.45) is 2.75. The van der Waals surface area contributed by atoms with Crippen LogP contribution in [-0.2, 0) is 26.1 Å². The van der Waals surface area contributed by atoms with E-state index in [2.05, 4.69) is 4.99 Å². The maximum Gasteiger partial charge on any atom is 0.326 e. The van der Waals surface area contributed by atoms with Crippen LogP contribution in [0.1, 0.15) is 47.7 Å². The van der Waals surface area contributed by atoms with Crippen LogP contribution in [0, 0.1) is 13.8 Å². The van der Waals surface area contributed by atoms with Gasteiger partial charge in [0.25, 0.3) is 5.91 Å². The summed E-state index contributed by atoms with van der Waals surface area (Å²) in [6, 6.07) is 9.89. The van der Waals surface area contributed by atoms with Gasteiger partial charge >= 0.3 is 5.97 Å². The van der Waals surface area contributed by atoms with Crippen molar-refractivity contribution in [3.63, 3.8) is 0 Å². The highest BCUT2D eigenvalue weighted by molar-refractivity contribution is 7.89. The molecule has 8 nitrogen and oxygen atoms in total. The van der Waals surface area contributed by atoms with E-state index in [0.29, 0.717) is 17.9 Å². The molecule has 0 unspecified atom stereocenters. The third-order valence-electron chi connectivity index (χ3n) is 5.96. The zero-order valence-electron chi connectivity index (χ0n) is 20.1. The minimum Gasteiger partial charge on any atom is -0.465 e. The molecule has 186 valence electrons. The Bertz CT molecular complexity index is 1430. The minimum atomic E-state index is -3.58. The summed E-state index contributed by atoms with van der Waals surface area (Å²) in [5.74, 6) is -0.919. The molecule has 1 saturated heterocycles. The van der Waals surface area contributed by atoms with Crippen LogP contribution < -0.4 is 4.80 Å². The molecule has 0 N–H and O–H groups in total. The maximum atomic E-state index is 13.0. The highest BCUT2D eigenvalue weighted by Crippen LogP contribution is 2.24.